The summed E-state index contributed by atoms with van der Waals surface area (Å²) in [6.07, 6.45) is 0.184. The second-order valence-corrected chi connectivity index (χ2v) is 3.27. The van der Waals surface area contributed by atoms with Crippen LogP contribution in [0.4, 0.5) is 5.69 Å². The number of rotatable bonds is 2. The molecule has 1 fully saturated rings. The van der Waals surface area contributed by atoms with Gasteiger partial charge in [0.1, 0.15) is 11.9 Å². The van der Waals surface area contributed by atoms with Crippen LogP contribution in [0.15, 0.2) is 18.2 Å². The number of hydrogen-bond donors (Lipinski definition) is 1. The van der Waals surface area contributed by atoms with Crippen molar-refractivity contribution in [2.45, 2.75) is 13.0 Å². The molecular weight excluding hydrogens is 166 g/mol. The van der Waals surface area contributed by atoms with Gasteiger partial charge in [0.05, 0.1) is 18.9 Å². The van der Waals surface area contributed by atoms with Gasteiger partial charge in [-0.15, -0.1) is 0 Å². The van der Waals surface area contributed by atoms with Gasteiger partial charge in [-0.3, -0.25) is 0 Å². The van der Waals surface area contributed by atoms with E-state index in [4.69, 9.17) is 15.2 Å². The molecule has 1 saturated heterocycles. The Hall–Kier alpha value is -1.22. The Morgan fingerprint density at radius 3 is 2.77 bits per heavy atom. The van der Waals surface area contributed by atoms with E-state index in [2.05, 4.69) is 0 Å². The fourth-order valence-corrected chi connectivity index (χ4v) is 1.28. The van der Waals surface area contributed by atoms with Crippen LogP contribution in [0.5, 0.6) is 5.75 Å². The van der Waals surface area contributed by atoms with Crippen molar-refractivity contribution >= 4 is 5.69 Å². The van der Waals surface area contributed by atoms with E-state index in [1.807, 2.05) is 25.1 Å². The fourth-order valence-electron chi connectivity index (χ4n) is 1.28. The number of para-hydroxylation sites is 1. The lowest BCUT2D eigenvalue weighted by molar-refractivity contribution is -0.0796. The number of benzene rings is 1. The minimum Gasteiger partial charge on any atom is -0.483 e. The maximum absolute atomic E-state index is 5.78. The van der Waals surface area contributed by atoms with E-state index in [1.54, 1.807) is 0 Å². The summed E-state index contributed by atoms with van der Waals surface area (Å²) in [4.78, 5) is 0. The molecule has 0 bridgehead atoms. The van der Waals surface area contributed by atoms with E-state index in [9.17, 15) is 0 Å². The lowest BCUT2D eigenvalue weighted by atomic mass is 10.2. The lowest BCUT2D eigenvalue weighted by Crippen LogP contribution is -2.38. The van der Waals surface area contributed by atoms with Crippen molar-refractivity contribution < 1.29 is 9.47 Å². The molecule has 2 rings (SSSR count). The molecule has 0 amide bonds. The number of anilines is 1. The predicted octanol–water partition coefficient (Wildman–Crippen LogP) is 1.35. The van der Waals surface area contributed by atoms with Gasteiger partial charge in [-0.05, 0) is 18.6 Å². The van der Waals surface area contributed by atoms with Crippen molar-refractivity contribution in [2.24, 2.45) is 0 Å². The van der Waals surface area contributed by atoms with Gasteiger partial charge >= 0.3 is 0 Å². The number of aryl methyl sites for hydroxylation is 1. The molecule has 3 heteroatoms. The summed E-state index contributed by atoms with van der Waals surface area (Å²) in [7, 11) is 0. The van der Waals surface area contributed by atoms with Gasteiger partial charge in [-0.1, -0.05) is 12.1 Å². The summed E-state index contributed by atoms with van der Waals surface area (Å²) in [6, 6.07) is 5.77. The highest BCUT2D eigenvalue weighted by atomic mass is 16.6. The highest BCUT2D eigenvalue weighted by Gasteiger charge is 2.21. The maximum atomic E-state index is 5.78. The first-order valence-electron chi connectivity index (χ1n) is 4.37. The molecule has 0 radical (unpaired) electrons. The Balaban J connectivity index is 2.17. The Morgan fingerprint density at radius 2 is 2.23 bits per heavy atom. The molecule has 0 aromatic heterocycles. The molecule has 0 atom stereocenters. The van der Waals surface area contributed by atoms with Gasteiger partial charge in [-0.25, -0.2) is 0 Å². The van der Waals surface area contributed by atoms with Gasteiger partial charge in [0.15, 0.2) is 0 Å². The third-order valence-electron chi connectivity index (χ3n) is 2.13. The Kier molecular flexibility index (Phi) is 2.10. The zero-order chi connectivity index (χ0) is 9.26. The molecule has 0 spiro atoms. The van der Waals surface area contributed by atoms with Crippen LogP contribution in [0.3, 0.4) is 0 Å². The van der Waals surface area contributed by atoms with Crippen LogP contribution in [-0.4, -0.2) is 19.3 Å². The maximum Gasteiger partial charge on any atom is 0.145 e. The Morgan fingerprint density at radius 1 is 1.46 bits per heavy atom. The highest BCUT2D eigenvalue weighted by Crippen LogP contribution is 2.27. The molecule has 2 N–H and O–H groups in total. The first kappa shape index (κ1) is 8.38. The molecule has 1 aromatic carbocycles. The van der Waals surface area contributed by atoms with Crippen LogP contribution in [-0.2, 0) is 4.74 Å². The van der Waals surface area contributed by atoms with Crippen molar-refractivity contribution in [1.82, 2.24) is 0 Å². The van der Waals surface area contributed by atoms with Crippen molar-refractivity contribution in [2.75, 3.05) is 18.9 Å². The van der Waals surface area contributed by atoms with Crippen LogP contribution in [0, 0.1) is 6.92 Å². The number of nitrogens with two attached hydrogens (primary N) is 1. The first-order valence-corrected chi connectivity index (χ1v) is 4.37. The van der Waals surface area contributed by atoms with E-state index in [1.165, 1.54) is 0 Å². The monoisotopic (exact) mass is 179 g/mol. The standard InChI is InChI=1S/C10H13NO2/c1-7-3-2-4-9(11)10(7)13-8-5-12-6-8/h2-4,8H,5-6,11H2,1H3. The third-order valence-corrected chi connectivity index (χ3v) is 2.13. The molecule has 3 nitrogen and oxygen atoms in total. The van der Waals surface area contributed by atoms with E-state index in [0.717, 1.165) is 11.3 Å². The van der Waals surface area contributed by atoms with Crippen molar-refractivity contribution in [3.63, 3.8) is 0 Å². The molecule has 13 heavy (non-hydrogen) atoms. The molecule has 70 valence electrons. The van der Waals surface area contributed by atoms with Gasteiger partial charge in [0.2, 0.25) is 0 Å². The van der Waals surface area contributed by atoms with Gasteiger partial charge in [-0.2, -0.15) is 0 Å². The number of hydrogen-bond acceptors (Lipinski definition) is 3. The Labute approximate surface area is 77.5 Å². The van der Waals surface area contributed by atoms with Crippen LogP contribution >= 0.6 is 0 Å². The molecule has 1 aliphatic rings. The highest BCUT2D eigenvalue weighted by molar-refractivity contribution is 5.56. The fraction of sp³-hybridized carbons (Fsp3) is 0.400. The van der Waals surface area contributed by atoms with E-state index in [-0.39, 0.29) is 6.10 Å². The zero-order valence-corrected chi connectivity index (χ0v) is 7.62. The van der Waals surface area contributed by atoms with Gasteiger partial charge < -0.3 is 15.2 Å². The van der Waals surface area contributed by atoms with Gasteiger partial charge in [0, 0.05) is 0 Å². The molecule has 0 unspecified atom stereocenters. The van der Waals surface area contributed by atoms with Crippen LogP contribution in [0.2, 0.25) is 0 Å². The quantitative estimate of drug-likeness (QED) is 0.697. The van der Waals surface area contributed by atoms with Gasteiger partial charge in [0.25, 0.3) is 0 Å². The topological polar surface area (TPSA) is 44.5 Å². The van der Waals surface area contributed by atoms with E-state index >= 15 is 0 Å². The summed E-state index contributed by atoms with van der Waals surface area (Å²) >= 11 is 0. The summed E-state index contributed by atoms with van der Waals surface area (Å²) < 4.78 is 10.7. The molecule has 0 aliphatic carbocycles. The molecular formula is C10H13NO2. The molecule has 1 aromatic rings. The van der Waals surface area contributed by atoms with Crippen molar-refractivity contribution in [3.8, 4) is 5.75 Å². The largest absolute Gasteiger partial charge is 0.483 e. The first-order chi connectivity index (χ1) is 6.27. The lowest BCUT2D eigenvalue weighted by Gasteiger charge is -2.27. The van der Waals surface area contributed by atoms with Crippen LogP contribution in [0.25, 0.3) is 0 Å². The normalized spacial score (nSPS) is 16.7. The summed E-state index contributed by atoms with van der Waals surface area (Å²) in [5.74, 6) is 0.802. The summed E-state index contributed by atoms with van der Waals surface area (Å²) in [5, 5.41) is 0. The molecule has 0 saturated carbocycles. The Bertz CT molecular complexity index is 288. The molecule has 1 aliphatic heterocycles. The minimum atomic E-state index is 0.184. The SMILES string of the molecule is Cc1cccc(N)c1OC1COC1. The molecule has 1 heterocycles. The second kappa shape index (κ2) is 3.26. The van der Waals surface area contributed by atoms with Crippen LogP contribution in [0.1, 0.15) is 5.56 Å². The number of ether oxygens (including phenoxy) is 2. The zero-order valence-electron chi connectivity index (χ0n) is 7.62. The predicted molar refractivity (Wildman–Crippen MR) is 50.8 cm³/mol. The smallest absolute Gasteiger partial charge is 0.145 e. The van der Waals surface area contributed by atoms with Crippen LogP contribution < -0.4 is 10.5 Å². The van der Waals surface area contributed by atoms with E-state index < -0.39 is 0 Å². The average molecular weight is 179 g/mol. The third kappa shape index (κ3) is 1.60. The van der Waals surface area contributed by atoms with Crippen molar-refractivity contribution in [3.05, 3.63) is 23.8 Å². The second-order valence-electron chi connectivity index (χ2n) is 3.27. The number of nitrogen functional groups attached to an aromatic ring is 1. The minimum absolute atomic E-state index is 0.184. The van der Waals surface area contributed by atoms with E-state index in [0.29, 0.717) is 18.9 Å². The summed E-state index contributed by atoms with van der Waals surface area (Å²) in [5.41, 5.74) is 7.56. The van der Waals surface area contributed by atoms with Crippen molar-refractivity contribution in [1.29, 1.82) is 0 Å². The average Bonchev–Trinajstić information content (AvgIpc) is 2.00. The summed E-state index contributed by atoms with van der Waals surface area (Å²) in [6.45, 7) is 3.34.